The van der Waals surface area contributed by atoms with Crippen LogP contribution in [0, 0.1) is 11.3 Å². The van der Waals surface area contributed by atoms with Crippen LogP contribution in [0.1, 0.15) is 19.2 Å². The van der Waals surface area contributed by atoms with Crippen LogP contribution in [0.2, 0.25) is 0 Å². The maximum Gasteiger partial charge on any atom is 0.406 e. The highest BCUT2D eigenvalue weighted by Crippen LogP contribution is 2.20. The highest BCUT2D eigenvalue weighted by Gasteiger charge is 2.30. The van der Waals surface area contributed by atoms with E-state index in [1.165, 1.54) is 17.3 Å². The minimum Gasteiger partial charge on any atom is -0.325 e. The number of rotatable bonds is 8. The number of hydrogen-bond donors (Lipinski definition) is 0. The monoisotopic (exact) mass is 393 g/mol. The van der Waals surface area contributed by atoms with Gasteiger partial charge in [-0.1, -0.05) is 18.2 Å². The number of halogens is 3. The number of imidazole rings is 1. The summed E-state index contributed by atoms with van der Waals surface area (Å²) in [7, 11) is 1.66. The first-order valence-electron chi connectivity index (χ1n) is 8.73. The van der Waals surface area contributed by atoms with Crippen molar-refractivity contribution in [2.75, 3.05) is 18.5 Å². The summed E-state index contributed by atoms with van der Waals surface area (Å²) in [6.07, 6.45) is -1.60. The molecule has 0 saturated carbocycles. The second-order valence-corrected chi connectivity index (χ2v) is 6.41. The molecule has 1 aromatic carbocycles. The van der Waals surface area contributed by atoms with Gasteiger partial charge < -0.3 is 9.47 Å². The summed E-state index contributed by atoms with van der Waals surface area (Å²) in [5, 5.41) is 8.88. The van der Waals surface area contributed by atoms with E-state index in [0.717, 1.165) is 4.57 Å². The summed E-state index contributed by atoms with van der Waals surface area (Å²) in [5.41, 5.74) is 0.668. The van der Waals surface area contributed by atoms with Gasteiger partial charge in [0.2, 0.25) is 5.91 Å². The molecule has 0 aliphatic carbocycles. The van der Waals surface area contributed by atoms with Gasteiger partial charge in [0.1, 0.15) is 12.4 Å². The van der Waals surface area contributed by atoms with Gasteiger partial charge in [-0.05, 0) is 26.1 Å². The second kappa shape index (κ2) is 9.37. The molecule has 2 rings (SSSR count). The number of likely N-dealkylation sites (N-methyl/N-ethyl adjacent to an activating group) is 1. The quantitative estimate of drug-likeness (QED) is 0.691. The lowest BCUT2D eigenvalue weighted by Crippen LogP contribution is -2.46. The molecular formula is C19H22F3N5O. The van der Waals surface area contributed by atoms with Gasteiger partial charge in [0.15, 0.2) is 0 Å². The molecule has 2 aromatic rings. The highest BCUT2D eigenvalue weighted by molar-refractivity contribution is 5.96. The molecule has 0 aliphatic heterocycles. The van der Waals surface area contributed by atoms with Crippen molar-refractivity contribution >= 4 is 11.6 Å². The molecule has 0 fully saturated rings. The first-order valence-corrected chi connectivity index (χ1v) is 8.73. The molecule has 0 bridgehead atoms. The minimum atomic E-state index is -4.35. The summed E-state index contributed by atoms with van der Waals surface area (Å²) >= 11 is 0. The van der Waals surface area contributed by atoms with Gasteiger partial charge in [0.05, 0.1) is 25.1 Å². The molecular weight excluding hydrogens is 371 g/mol. The molecule has 0 spiro atoms. The molecule has 0 N–H and O–H groups in total. The van der Waals surface area contributed by atoms with Crippen LogP contribution in [0.25, 0.3) is 0 Å². The number of nitrogens with zero attached hydrogens (tertiary/aromatic N) is 5. The van der Waals surface area contributed by atoms with E-state index in [9.17, 15) is 18.0 Å². The fourth-order valence-electron chi connectivity index (χ4n) is 2.74. The predicted molar refractivity (Wildman–Crippen MR) is 98.2 cm³/mol. The molecule has 1 atom stereocenters. The van der Waals surface area contributed by atoms with Crippen molar-refractivity contribution in [3.05, 3.63) is 48.5 Å². The van der Waals surface area contributed by atoms with Crippen LogP contribution in [0.15, 0.2) is 42.7 Å². The Morgan fingerprint density at radius 3 is 2.61 bits per heavy atom. The van der Waals surface area contributed by atoms with Gasteiger partial charge in [-0.2, -0.15) is 18.4 Å². The summed E-state index contributed by atoms with van der Waals surface area (Å²) in [6, 6.07) is 10.4. The van der Waals surface area contributed by atoms with E-state index in [2.05, 4.69) is 4.98 Å². The van der Waals surface area contributed by atoms with Crippen molar-refractivity contribution in [2.45, 2.75) is 38.7 Å². The van der Waals surface area contributed by atoms with E-state index in [0.29, 0.717) is 5.69 Å². The first kappa shape index (κ1) is 21.4. The number of amides is 1. The number of hydrogen-bond acceptors (Lipinski definition) is 4. The molecule has 0 aliphatic rings. The molecule has 0 radical (unpaired) electrons. The Labute approximate surface area is 161 Å². The molecule has 28 heavy (non-hydrogen) atoms. The number of carbonyl (C=O) groups is 1. The molecule has 1 aromatic heterocycles. The van der Waals surface area contributed by atoms with Gasteiger partial charge >= 0.3 is 6.18 Å². The molecule has 150 valence electrons. The Bertz CT molecular complexity index is 813. The maximum atomic E-state index is 13.0. The largest absolute Gasteiger partial charge is 0.406 e. The fraction of sp³-hybridized carbons (Fsp3) is 0.421. The number of nitriles is 1. The molecule has 6 nitrogen and oxygen atoms in total. The zero-order valence-corrected chi connectivity index (χ0v) is 15.7. The summed E-state index contributed by atoms with van der Waals surface area (Å²) in [6.45, 7) is 0.871. The van der Waals surface area contributed by atoms with E-state index in [1.807, 2.05) is 12.1 Å². The Kier molecular flexibility index (Phi) is 7.18. The zero-order valence-electron chi connectivity index (χ0n) is 15.7. The van der Waals surface area contributed by atoms with E-state index < -0.39 is 18.8 Å². The smallest absolute Gasteiger partial charge is 0.325 e. The second-order valence-electron chi connectivity index (χ2n) is 6.41. The summed E-state index contributed by atoms with van der Waals surface area (Å²) in [4.78, 5) is 20.1. The SMILES string of the molecule is CC(C(=O)N(CCC#N)c1ccccc1)N(C)Cc1nccn1CC(F)(F)F. The van der Waals surface area contributed by atoms with Crippen LogP contribution in [-0.4, -0.2) is 46.2 Å². The van der Waals surface area contributed by atoms with Crippen molar-refractivity contribution < 1.29 is 18.0 Å². The van der Waals surface area contributed by atoms with E-state index in [-0.39, 0.29) is 31.2 Å². The van der Waals surface area contributed by atoms with Crippen molar-refractivity contribution in [1.82, 2.24) is 14.5 Å². The van der Waals surface area contributed by atoms with Crippen molar-refractivity contribution in [1.29, 1.82) is 5.26 Å². The zero-order chi connectivity index (χ0) is 20.7. The third-order valence-electron chi connectivity index (χ3n) is 4.34. The molecule has 1 amide bonds. The molecule has 0 saturated heterocycles. The first-order chi connectivity index (χ1) is 13.2. The Morgan fingerprint density at radius 1 is 1.32 bits per heavy atom. The molecule has 9 heteroatoms. The van der Waals surface area contributed by atoms with Gasteiger partial charge in [-0.3, -0.25) is 9.69 Å². The Balaban J connectivity index is 2.12. The highest BCUT2D eigenvalue weighted by atomic mass is 19.4. The van der Waals surface area contributed by atoms with Crippen LogP contribution < -0.4 is 4.90 Å². The molecule has 1 heterocycles. The summed E-state index contributed by atoms with van der Waals surface area (Å²) in [5.74, 6) is -0.0133. The fourth-order valence-corrected chi connectivity index (χ4v) is 2.74. The number of anilines is 1. The number of aromatic nitrogens is 2. The van der Waals surface area contributed by atoms with E-state index in [4.69, 9.17) is 5.26 Å². The van der Waals surface area contributed by atoms with Crippen LogP contribution in [0.4, 0.5) is 18.9 Å². The van der Waals surface area contributed by atoms with Crippen LogP contribution in [-0.2, 0) is 17.9 Å². The standard InChI is InChI=1S/C19H22F3N5O/c1-15(18(28)27(11-6-9-23)16-7-4-3-5-8-16)25(2)13-17-24-10-12-26(17)14-19(20,21)22/h3-5,7-8,10,12,15H,6,11,13-14H2,1-2H3. The normalized spacial score (nSPS) is 12.6. The minimum absolute atomic E-state index is 0.0802. The third-order valence-corrected chi connectivity index (χ3v) is 4.34. The van der Waals surface area contributed by atoms with Crippen LogP contribution in [0.5, 0.6) is 0 Å². The molecule has 1 unspecified atom stereocenters. The average molecular weight is 393 g/mol. The van der Waals surface area contributed by atoms with Crippen LogP contribution >= 0.6 is 0 Å². The van der Waals surface area contributed by atoms with Gasteiger partial charge in [-0.15, -0.1) is 0 Å². The van der Waals surface area contributed by atoms with E-state index in [1.54, 1.807) is 43.1 Å². The van der Waals surface area contributed by atoms with Crippen molar-refractivity contribution in [3.8, 4) is 6.07 Å². The van der Waals surface area contributed by atoms with Crippen molar-refractivity contribution in [3.63, 3.8) is 0 Å². The predicted octanol–water partition coefficient (Wildman–Crippen LogP) is 3.21. The van der Waals surface area contributed by atoms with Crippen LogP contribution in [0.3, 0.4) is 0 Å². The number of para-hydroxylation sites is 1. The third kappa shape index (κ3) is 5.82. The maximum absolute atomic E-state index is 13.0. The topological polar surface area (TPSA) is 65.2 Å². The number of alkyl halides is 3. The van der Waals surface area contributed by atoms with Gasteiger partial charge in [0, 0.05) is 24.6 Å². The number of carbonyl (C=O) groups excluding carboxylic acids is 1. The van der Waals surface area contributed by atoms with Crippen molar-refractivity contribution in [2.24, 2.45) is 0 Å². The van der Waals surface area contributed by atoms with Gasteiger partial charge in [0.25, 0.3) is 0 Å². The Morgan fingerprint density at radius 2 is 2.00 bits per heavy atom. The lowest BCUT2D eigenvalue weighted by atomic mass is 10.2. The lowest BCUT2D eigenvalue weighted by Gasteiger charge is -2.30. The lowest BCUT2D eigenvalue weighted by molar-refractivity contribution is -0.141. The van der Waals surface area contributed by atoms with Gasteiger partial charge in [-0.25, -0.2) is 4.98 Å². The van der Waals surface area contributed by atoms with E-state index >= 15 is 0 Å². The average Bonchev–Trinajstić information content (AvgIpc) is 3.06. The summed E-state index contributed by atoms with van der Waals surface area (Å²) < 4.78 is 39.1. The number of benzene rings is 1. The Hall–Kier alpha value is -2.86.